The summed E-state index contributed by atoms with van der Waals surface area (Å²) in [6.07, 6.45) is 0.471. The number of amides is 1. The van der Waals surface area contributed by atoms with Gasteiger partial charge in [0.25, 0.3) is 0 Å². The molecule has 1 amide bonds. The maximum atomic E-state index is 11.9. The number of hydrogen-bond donors (Lipinski definition) is 2. The summed E-state index contributed by atoms with van der Waals surface area (Å²) >= 11 is 0. The van der Waals surface area contributed by atoms with E-state index >= 15 is 0 Å². The first-order valence-corrected chi connectivity index (χ1v) is 6.63. The molecule has 0 aromatic heterocycles. The van der Waals surface area contributed by atoms with Crippen molar-refractivity contribution in [2.75, 3.05) is 37.4 Å². The van der Waals surface area contributed by atoms with Gasteiger partial charge in [-0.2, -0.15) is 0 Å². The van der Waals surface area contributed by atoms with Gasteiger partial charge in [-0.1, -0.05) is 12.1 Å². The van der Waals surface area contributed by atoms with Gasteiger partial charge in [0.1, 0.15) is 0 Å². The lowest BCUT2D eigenvalue weighted by atomic mass is 10.2. The molecule has 1 aliphatic heterocycles. The predicted molar refractivity (Wildman–Crippen MR) is 76.0 cm³/mol. The van der Waals surface area contributed by atoms with Crippen LogP contribution in [0.4, 0.5) is 11.4 Å². The summed E-state index contributed by atoms with van der Waals surface area (Å²) in [4.78, 5) is 14.2. The maximum absolute atomic E-state index is 11.9. The van der Waals surface area contributed by atoms with Crippen molar-refractivity contribution in [2.45, 2.75) is 19.4 Å². The summed E-state index contributed by atoms with van der Waals surface area (Å²) in [5.41, 5.74) is 7.06. The Morgan fingerprint density at radius 2 is 2.32 bits per heavy atom. The van der Waals surface area contributed by atoms with Gasteiger partial charge < -0.3 is 15.8 Å². The second-order valence-electron chi connectivity index (χ2n) is 4.85. The molecule has 104 valence electrons. The summed E-state index contributed by atoms with van der Waals surface area (Å²) < 4.78 is 5.37. The molecule has 1 aliphatic rings. The quantitative estimate of drug-likeness (QED) is 0.804. The van der Waals surface area contributed by atoms with Gasteiger partial charge in [-0.25, -0.2) is 0 Å². The minimum absolute atomic E-state index is 0.00316. The van der Waals surface area contributed by atoms with E-state index < -0.39 is 0 Å². The van der Waals surface area contributed by atoms with Gasteiger partial charge in [-0.15, -0.1) is 0 Å². The van der Waals surface area contributed by atoms with Crippen LogP contribution in [-0.4, -0.2) is 43.2 Å². The van der Waals surface area contributed by atoms with Crippen LogP contribution in [0, 0.1) is 0 Å². The Kier molecular flexibility index (Phi) is 4.76. The number of para-hydroxylation sites is 2. The van der Waals surface area contributed by atoms with Gasteiger partial charge in [0.05, 0.1) is 24.6 Å². The van der Waals surface area contributed by atoms with E-state index in [1.165, 1.54) is 0 Å². The van der Waals surface area contributed by atoms with Crippen LogP contribution in [0.5, 0.6) is 0 Å². The van der Waals surface area contributed by atoms with Crippen LogP contribution < -0.4 is 11.1 Å². The van der Waals surface area contributed by atoms with Crippen molar-refractivity contribution in [3.8, 4) is 0 Å². The maximum Gasteiger partial charge on any atom is 0.225 e. The number of anilines is 2. The topological polar surface area (TPSA) is 67.6 Å². The van der Waals surface area contributed by atoms with Crippen LogP contribution in [-0.2, 0) is 9.53 Å². The van der Waals surface area contributed by atoms with Crippen LogP contribution in [0.1, 0.15) is 13.3 Å². The third-order valence-electron chi connectivity index (χ3n) is 3.37. The molecule has 1 aromatic carbocycles. The number of ether oxygens (including phenoxy) is 1. The second kappa shape index (κ2) is 6.54. The molecule has 5 nitrogen and oxygen atoms in total. The summed E-state index contributed by atoms with van der Waals surface area (Å²) in [6.45, 7) is 5.25. The van der Waals surface area contributed by atoms with E-state index in [4.69, 9.17) is 10.5 Å². The number of carbonyl (C=O) groups excluding carboxylic acids is 1. The van der Waals surface area contributed by atoms with Gasteiger partial charge in [0.15, 0.2) is 0 Å². The lowest BCUT2D eigenvalue weighted by Gasteiger charge is -2.32. The number of benzene rings is 1. The normalized spacial score (nSPS) is 20.2. The molecule has 0 bridgehead atoms. The van der Waals surface area contributed by atoms with E-state index in [2.05, 4.69) is 17.1 Å². The van der Waals surface area contributed by atoms with Crippen LogP contribution in [0.2, 0.25) is 0 Å². The summed E-state index contributed by atoms with van der Waals surface area (Å²) in [5.74, 6) is -0.00316. The first kappa shape index (κ1) is 13.8. The number of nitrogen functional groups attached to an aromatic ring is 1. The molecule has 1 aromatic rings. The Balaban J connectivity index is 1.80. The van der Waals surface area contributed by atoms with E-state index in [1.807, 2.05) is 18.2 Å². The zero-order valence-electron chi connectivity index (χ0n) is 11.3. The Morgan fingerprint density at radius 3 is 3.05 bits per heavy atom. The molecule has 1 atom stereocenters. The second-order valence-corrected chi connectivity index (χ2v) is 4.85. The molecule has 1 unspecified atom stereocenters. The standard InChI is InChI=1S/C14H21N3O2/c1-11-10-19-9-8-17(11)7-6-14(18)16-13-5-3-2-4-12(13)15/h2-5,11H,6-10,15H2,1H3,(H,16,18). The number of morpholine rings is 1. The van der Waals surface area contributed by atoms with Crippen molar-refractivity contribution in [2.24, 2.45) is 0 Å². The molecule has 0 radical (unpaired) electrons. The van der Waals surface area contributed by atoms with Gasteiger partial charge in [0.2, 0.25) is 5.91 Å². The van der Waals surface area contributed by atoms with Crippen molar-refractivity contribution in [3.05, 3.63) is 24.3 Å². The monoisotopic (exact) mass is 263 g/mol. The number of nitrogens with two attached hydrogens (primary N) is 1. The van der Waals surface area contributed by atoms with Crippen molar-refractivity contribution < 1.29 is 9.53 Å². The summed E-state index contributed by atoms with van der Waals surface area (Å²) in [6, 6.07) is 7.67. The third-order valence-corrected chi connectivity index (χ3v) is 3.37. The number of rotatable bonds is 4. The fraction of sp³-hybridized carbons (Fsp3) is 0.500. The summed E-state index contributed by atoms with van der Waals surface area (Å²) in [5, 5.41) is 2.84. The third kappa shape index (κ3) is 3.94. The van der Waals surface area contributed by atoms with Crippen LogP contribution in [0.3, 0.4) is 0 Å². The smallest absolute Gasteiger partial charge is 0.225 e. The van der Waals surface area contributed by atoms with E-state index in [1.54, 1.807) is 6.07 Å². The molecule has 0 saturated carbocycles. The van der Waals surface area contributed by atoms with Gasteiger partial charge in [-0.3, -0.25) is 9.69 Å². The molecular formula is C14H21N3O2. The number of hydrogen-bond acceptors (Lipinski definition) is 4. The highest BCUT2D eigenvalue weighted by Crippen LogP contribution is 2.17. The van der Waals surface area contributed by atoms with Crippen LogP contribution in [0.15, 0.2) is 24.3 Å². The molecule has 0 spiro atoms. The highest BCUT2D eigenvalue weighted by Gasteiger charge is 2.19. The van der Waals surface area contributed by atoms with E-state index in [9.17, 15) is 4.79 Å². The highest BCUT2D eigenvalue weighted by atomic mass is 16.5. The number of nitrogens with zero attached hydrogens (tertiary/aromatic N) is 1. The molecule has 1 saturated heterocycles. The predicted octanol–water partition coefficient (Wildman–Crippen LogP) is 1.32. The first-order chi connectivity index (χ1) is 9.16. The average Bonchev–Trinajstić information content (AvgIpc) is 2.40. The number of carbonyl (C=O) groups is 1. The molecular weight excluding hydrogens is 242 g/mol. The SMILES string of the molecule is CC1COCCN1CCC(=O)Nc1ccccc1N. The minimum Gasteiger partial charge on any atom is -0.397 e. The van der Waals surface area contributed by atoms with Crippen LogP contribution >= 0.6 is 0 Å². The zero-order chi connectivity index (χ0) is 13.7. The lowest BCUT2D eigenvalue weighted by Crippen LogP contribution is -2.44. The largest absolute Gasteiger partial charge is 0.397 e. The van der Waals surface area contributed by atoms with E-state index in [0.717, 1.165) is 26.3 Å². The highest BCUT2D eigenvalue weighted by molar-refractivity contribution is 5.93. The Bertz CT molecular complexity index is 436. The fourth-order valence-electron chi connectivity index (χ4n) is 2.16. The van der Waals surface area contributed by atoms with Gasteiger partial charge >= 0.3 is 0 Å². The van der Waals surface area contributed by atoms with Crippen LogP contribution in [0.25, 0.3) is 0 Å². The Morgan fingerprint density at radius 1 is 1.53 bits per heavy atom. The molecule has 0 aliphatic carbocycles. The molecule has 5 heteroatoms. The Labute approximate surface area is 113 Å². The Hall–Kier alpha value is -1.59. The molecule has 1 heterocycles. The lowest BCUT2D eigenvalue weighted by molar-refractivity contribution is -0.117. The van der Waals surface area contributed by atoms with Crippen molar-refractivity contribution in [1.82, 2.24) is 4.90 Å². The van der Waals surface area contributed by atoms with Gasteiger partial charge in [0, 0.05) is 25.6 Å². The van der Waals surface area contributed by atoms with Crippen molar-refractivity contribution >= 4 is 17.3 Å². The van der Waals surface area contributed by atoms with Crippen molar-refractivity contribution in [1.29, 1.82) is 0 Å². The first-order valence-electron chi connectivity index (χ1n) is 6.63. The fourth-order valence-corrected chi connectivity index (χ4v) is 2.16. The van der Waals surface area contributed by atoms with Gasteiger partial charge in [-0.05, 0) is 19.1 Å². The minimum atomic E-state index is -0.00316. The van der Waals surface area contributed by atoms with Crippen molar-refractivity contribution in [3.63, 3.8) is 0 Å². The van der Waals surface area contributed by atoms with E-state index in [0.29, 0.717) is 23.8 Å². The summed E-state index contributed by atoms with van der Waals surface area (Å²) in [7, 11) is 0. The number of nitrogens with one attached hydrogen (secondary N) is 1. The molecule has 1 fully saturated rings. The molecule has 19 heavy (non-hydrogen) atoms. The molecule has 2 rings (SSSR count). The average molecular weight is 263 g/mol. The zero-order valence-corrected chi connectivity index (χ0v) is 11.3. The van der Waals surface area contributed by atoms with E-state index in [-0.39, 0.29) is 5.91 Å². The molecule has 3 N–H and O–H groups in total.